The van der Waals surface area contributed by atoms with E-state index in [9.17, 15) is 5.11 Å². The molecule has 2 aliphatic heterocycles. The van der Waals surface area contributed by atoms with E-state index in [2.05, 4.69) is 4.90 Å². The standard InChI is InChI=1S/C17H19NO4/c19-15-9-18(8-12-4-6-20-10-12)5-3-14(15)13-1-2-16-17(7-13)22-11-21-16/h1-2,4,6-7,10,14-15,19H,3,5,8-9,11H2/t14-,15+/m0/s1. The van der Waals surface area contributed by atoms with Gasteiger partial charge < -0.3 is 19.0 Å². The van der Waals surface area contributed by atoms with Gasteiger partial charge in [0.25, 0.3) is 0 Å². The molecule has 116 valence electrons. The molecule has 0 amide bonds. The summed E-state index contributed by atoms with van der Waals surface area (Å²) in [4.78, 5) is 2.26. The van der Waals surface area contributed by atoms with Crippen molar-refractivity contribution in [2.75, 3.05) is 19.9 Å². The molecule has 4 rings (SSSR count). The normalized spacial score (nSPS) is 24.6. The molecule has 5 nitrogen and oxygen atoms in total. The first-order chi connectivity index (χ1) is 10.8. The number of nitrogens with zero attached hydrogens (tertiary/aromatic N) is 1. The Hall–Kier alpha value is -1.98. The fourth-order valence-corrected chi connectivity index (χ4v) is 3.31. The molecular formula is C17H19NO4. The number of aliphatic hydroxyl groups is 1. The van der Waals surface area contributed by atoms with Crippen LogP contribution in [0, 0.1) is 0 Å². The Balaban J connectivity index is 1.44. The smallest absolute Gasteiger partial charge is 0.231 e. The zero-order valence-electron chi connectivity index (χ0n) is 12.3. The van der Waals surface area contributed by atoms with Crippen molar-refractivity contribution in [1.29, 1.82) is 0 Å². The molecule has 2 atom stereocenters. The second-order valence-corrected chi connectivity index (χ2v) is 5.94. The number of β-amino-alcohol motifs (C(OH)–C–C–N with tert-alkyl or cyclic N) is 1. The Labute approximate surface area is 129 Å². The maximum atomic E-state index is 10.5. The van der Waals surface area contributed by atoms with Crippen molar-refractivity contribution in [3.8, 4) is 11.5 Å². The monoisotopic (exact) mass is 301 g/mol. The van der Waals surface area contributed by atoms with E-state index in [1.165, 1.54) is 0 Å². The van der Waals surface area contributed by atoms with E-state index in [0.717, 1.165) is 42.1 Å². The van der Waals surface area contributed by atoms with Gasteiger partial charge in [-0.2, -0.15) is 0 Å². The summed E-state index contributed by atoms with van der Waals surface area (Å²) >= 11 is 0. The highest BCUT2D eigenvalue weighted by Crippen LogP contribution is 2.37. The van der Waals surface area contributed by atoms with E-state index in [1.807, 2.05) is 24.3 Å². The summed E-state index contributed by atoms with van der Waals surface area (Å²) in [6, 6.07) is 7.94. The van der Waals surface area contributed by atoms with E-state index in [1.54, 1.807) is 12.5 Å². The third kappa shape index (κ3) is 2.58. The highest BCUT2D eigenvalue weighted by atomic mass is 16.7. The Morgan fingerprint density at radius 3 is 2.91 bits per heavy atom. The minimum Gasteiger partial charge on any atom is -0.472 e. The lowest BCUT2D eigenvalue weighted by atomic mass is 9.87. The fraction of sp³-hybridized carbons (Fsp3) is 0.412. The number of furan rings is 1. The Morgan fingerprint density at radius 2 is 2.09 bits per heavy atom. The summed E-state index contributed by atoms with van der Waals surface area (Å²) in [6.45, 7) is 2.73. The van der Waals surface area contributed by atoms with E-state index in [0.29, 0.717) is 6.54 Å². The molecule has 1 aromatic heterocycles. The molecule has 1 N–H and O–H groups in total. The van der Waals surface area contributed by atoms with Crippen molar-refractivity contribution in [3.05, 3.63) is 47.9 Å². The quantitative estimate of drug-likeness (QED) is 0.943. The minimum absolute atomic E-state index is 0.148. The SMILES string of the molecule is O[C@@H]1CN(Cc2ccoc2)CC[C@H]1c1ccc2c(c1)OCO2. The maximum Gasteiger partial charge on any atom is 0.231 e. The van der Waals surface area contributed by atoms with E-state index in [4.69, 9.17) is 13.9 Å². The van der Waals surface area contributed by atoms with Crippen molar-refractivity contribution in [1.82, 2.24) is 4.90 Å². The number of rotatable bonds is 3. The molecule has 1 fully saturated rings. The van der Waals surface area contributed by atoms with Crippen molar-refractivity contribution in [3.63, 3.8) is 0 Å². The summed E-state index contributed by atoms with van der Waals surface area (Å²) < 4.78 is 15.9. The van der Waals surface area contributed by atoms with Crippen LogP contribution in [-0.2, 0) is 6.54 Å². The van der Waals surface area contributed by atoms with Gasteiger partial charge in [0.1, 0.15) is 0 Å². The van der Waals surface area contributed by atoms with Crippen LogP contribution >= 0.6 is 0 Å². The third-order valence-electron chi connectivity index (χ3n) is 4.48. The molecule has 0 unspecified atom stereocenters. The number of fused-ring (bicyclic) bond motifs is 1. The van der Waals surface area contributed by atoms with Crippen molar-refractivity contribution in [2.24, 2.45) is 0 Å². The van der Waals surface area contributed by atoms with Crippen molar-refractivity contribution >= 4 is 0 Å². The van der Waals surface area contributed by atoms with Gasteiger partial charge in [-0.3, -0.25) is 4.90 Å². The topological polar surface area (TPSA) is 55.1 Å². The molecule has 5 heteroatoms. The maximum absolute atomic E-state index is 10.5. The lowest BCUT2D eigenvalue weighted by Gasteiger charge is -2.36. The second kappa shape index (κ2) is 5.66. The summed E-state index contributed by atoms with van der Waals surface area (Å²) in [7, 11) is 0. The molecule has 0 aliphatic carbocycles. The van der Waals surface area contributed by atoms with Crippen LogP contribution < -0.4 is 9.47 Å². The number of hydrogen-bond acceptors (Lipinski definition) is 5. The van der Waals surface area contributed by atoms with E-state index >= 15 is 0 Å². The highest BCUT2D eigenvalue weighted by Gasteiger charge is 2.30. The lowest BCUT2D eigenvalue weighted by Crippen LogP contribution is -2.42. The first-order valence-corrected chi connectivity index (χ1v) is 7.60. The molecule has 0 saturated carbocycles. The summed E-state index contributed by atoms with van der Waals surface area (Å²) in [5, 5.41) is 10.5. The number of likely N-dealkylation sites (tertiary alicyclic amines) is 1. The van der Waals surface area contributed by atoms with Crippen LogP contribution in [-0.4, -0.2) is 36.0 Å². The largest absolute Gasteiger partial charge is 0.472 e. The van der Waals surface area contributed by atoms with Crippen LogP contribution in [0.1, 0.15) is 23.5 Å². The van der Waals surface area contributed by atoms with Crippen LogP contribution in [0.2, 0.25) is 0 Å². The molecular weight excluding hydrogens is 282 g/mol. The number of benzene rings is 1. The minimum atomic E-state index is -0.374. The van der Waals surface area contributed by atoms with Crippen LogP contribution in [0.4, 0.5) is 0 Å². The van der Waals surface area contributed by atoms with Gasteiger partial charge in [-0.05, 0) is 36.7 Å². The molecule has 0 bridgehead atoms. The molecule has 0 radical (unpaired) electrons. The molecule has 3 heterocycles. The summed E-state index contributed by atoms with van der Waals surface area (Å²) in [5.74, 6) is 1.72. The van der Waals surface area contributed by atoms with Crippen LogP contribution in [0.5, 0.6) is 11.5 Å². The Kier molecular flexibility index (Phi) is 3.52. The predicted octanol–water partition coefficient (Wildman–Crippen LogP) is 2.36. The first-order valence-electron chi connectivity index (χ1n) is 7.60. The predicted molar refractivity (Wildman–Crippen MR) is 79.9 cm³/mol. The van der Waals surface area contributed by atoms with Crippen LogP contribution in [0.25, 0.3) is 0 Å². The van der Waals surface area contributed by atoms with E-state index in [-0.39, 0.29) is 18.8 Å². The Bertz CT molecular complexity index is 640. The van der Waals surface area contributed by atoms with Crippen molar-refractivity contribution in [2.45, 2.75) is 25.0 Å². The number of aliphatic hydroxyl groups excluding tert-OH is 1. The molecule has 1 saturated heterocycles. The first kappa shape index (κ1) is 13.7. The molecule has 2 aromatic rings. The number of ether oxygens (including phenoxy) is 2. The average Bonchev–Trinajstić information content (AvgIpc) is 3.17. The zero-order valence-corrected chi connectivity index (χ0v) is 12.3. The van der Waals surface area contributed by atoms with Crippen LogP contribution in [0.3, 0.4) is 0 Å². The van der Waals surface area contributed by atoms with Gasteiger partial charge >= 0.3 is 0 Å². The van der Waals surface area contributed by atoms with Crippen molar-refractivity contribution < 1.29 is 19.0 Å². The summed E-state index contributed by atoms with van der Waals surface area (Å²) in [5.41, 5.74) is 2.27. The Morgan fingerprint density at radius 1 is 1.18 bits per heavy atom. The van der Waals surface area contributed by atoms with Gasteiger partial charge in [-0.15, -0.1) is 0 Å². The van der Waals surface area contributed by atoms with Crippen LogP contribution in [0.15, 0.2) is 41.2 Å². The van der Waals surface area contributed by atoms with Gasteiger partial charge in [-0.1, -0.05) is 6.07 Å². The summed E-state index contributed by atoms with van der Waals surface area (Å²) in [6.07, 6.45) is 4.00. The van der Waals surface area contributed by atoms with Gasteiger partial charge in [0.2, 0.25) is 6.79 Å². The molecule has 22 heavy (non-hydrogen) atoms. The van der Waals surface area contributed by atoms with Gasteiger partial charge in [0, 0.05) is 24.6 Å². The average molecular weight is 301 g/mol. The van der Waals surface area contributed by atoms with E-state index < -0.39 is 0 Å². The lowest BCUT2D eigenvalue weighted by molar-refractivity contribution is 0.0475. The zero-order chi connectivity index (χ0) is 14.9. The molecule has 2 aliphatic rings. The third-order valence-corrected chi connectivity index (χ3v) is 4.48. The molecule has 1 aromatic carbocycles. The number of piperidine rings is 1. The highest BCUT2D eigenvalue weighted by molar-refractivity contribution is 5.45. The van der Waals surface area contributed by atoms with Gasteiger partial charge in [-0.25, -0.2) is 0 Å². The fourth-order valence-electron chi connectivity index (χ4n) is 3.31. The second-order valence-electron chi connectivity index (χ2n) is 5.94. The van der Waals surface area contributed by atoms with Gasteiger partial charge in [0.05, 0.1) is 18.6 Å². The number of hydrogen-bond donors (Lipinski definition) is 1. The molecule has 0 spiro atoms. The van der Waals surface area contributed by atoms with Gasteiger partial charge in [0.15, 0.2) is 11.5 Å².